The van der Waals surface area contributed by atoms with E-state index in [0.29, 0.717) is 5.75 Å². The van der Waals surface area contributed by atoms with Crippen molar-refractivity contribution in [3.05, 3.63) is 58.6 Å². The molecule has 0 spiro atoms. The second kappa shape index (κ2) is 8.60. The number of amides is 1. The van der Waals surface area contributed by atoms with Crippen LogP contribution in [0.25, 0.3) is 0 Å². The lowest BCUT2D eigenvalue weighted by molar-refractivity contribution is -0.384. The topological polar surface area (TPSA) is 119 Å². The smallest absolute Gasteiger partial charge is 0.271 e. The summed E-state index contributed by atoms with van der Waals surface area (Å²) in [6.07, 6.45) is 0. The van der Waals surface area contributed by atoms with E-state index in [4.69, 9.17) is 4.74 Å². The van der Waals surface area contributed by atoms with E-state index in [1.54, 1.807) is 6.92 Å². The normalized spacial score (nSPS) is 11.2. The number of non-ortho nitro benzene ring substituents is 1. The molecule has 9 nitrogen and oxygen atoms in total. The van der Waals surface area contributed by atoms with Crippen LogP contribution in [0.4, 0.5) is 11.4 Å². The molecule has 0 radical (unpaired) electrons. The van der Waals surface area contributed by atoms with E-state index >= 15 is 0 Å². The van der Waals surface area contributed by atoms with Crippen molar-refractivity contribution < 1.29 is 22.9 Å². The number of hydrogen-bond acceptors (Lipinski definition) is 6. The van der Waals surface area contributed by atoms with Crippen LogP contribution in [0.2, 0.25) is 0 Å². The summed E-state index contributed by atoms with van der Waals surface area (Å²) in [5, 5.41) is 13.3. The third-order valence-electron chi connectivity index (χ3n) is 3.71. The molecule has 0 heterocycles. The maximum absolute atomic E-state index is 12.7. The summed E-state index contributed by atoms with van der Waals surface area (Å²) in [6.45, 7) is 1.27. The maximum atomic E-state index is 12.7. The molecule has 0 aliphatic rings. The first-order valence-electron chi connectivity index (χ1n) is 7.96. The van der Waals surface area contributed by atoms with E-state index in [2.05, 4.69) is 5.32 Å². The van der Waals surface area contributed by atoms with E-state index < -0.39 is 27.4 Å². The molecular weight excluding hydrogens is 374 g/mol. The van der Waals surface area contributed by atoms with Crippen molar-refractivity contribution in [2.24, 2.45) is 0 Å². The number of rotatable bonds is 8. The van der Waals surface area contributed by atoms with Crippen molar-refractivity contribution in [2.45, 2.75) is 11.8 Å². The SMILES string of the molecule is CCN(CC(=O)Nc1cccc([N+](=O)[O-])c1)S(=O)(=O)c1ccc(OC)cc1. The number of benzene rings is 2. The van der Waals surface area contributed by atoms with E-state index in [9.17, 15) is 23.3 Å². The van der Waals surface area contributed by atoms with Gasteiger partial charge in [-0.3, -0.25) is 14.9 Å². The highest BCUT2D eigenvalue weighted by molar-refractivity contribution is 7.89. The Morgan fingerprint density at radius 2 is 1.89 bits per heavy atom. The molecule has 0 fully saturated rings. The molecule has 1 N–H and O–H groups in total. The number of nitrogens with zero attached hydrogens (tertiary/aromatic N) is 2. The number of hydrogen-bond donors (Lipinski definition) is 1. The zero-order valence-corrected chi connectivity index (χ0v) is 15.6. The maximum Gasteiger partial charge on any atom is 0.271 e. The number of carbonyl (C=O) groups is 1. The Hall–Kier alpha value is -2.98. The number of carbonyl (C=O) groups excluding carboxylic acids is 1. The standard InChI is InChI=1S/C17H19N3O6S/c1-3-19(27(24,25)16-9-7-15(26-2)8-10-16)12-17(21)18-13-5-4-6-14(11-13)20(22)23/h4-11H,3,12H2,1-2H3,(H,18,21). The second-order valence-corrected chi connectivity index (χ2v) is 7.40. The minimum Gasteiger partial charge on any atom is -0.497 e. The molecule has 0 aromatic heterocycles. The lowest BCUT2D eigenvalue weighted by Gasteiger charge is -2.20. The summed E-state index contributed by atoms with van der Waals surface area (Å²) in [7, 11) is -2.40. The fraction of sp³-hybridized carbons (Fsp3) is 0.235. The van der Waals surface area contributed by atoms with E-state index in [0.717, 1.165) is 4.31 Å². The molecule has 1 amide bonds. The summed E-state index contributed by atoms with van der Waals surface area (Å²) in [5.41, 5.74) is 0.0399. The number of nitro groups is 1. The second-order valence-electron chi connectivity index (χ2n) is 5.46. The molecule has 0 saturated carbocycles. The van der Waals surface area contributed by atoms with Crippen molar-refractivity contribution in [3.63, 3.8) is 0 Å². The molecule has 144 valence electrons. The highest BCUT2D eigenvalue weighted by atomic mass is 32.2. The third-order valence-corrected chi connectivity index (χ3v) is 5.65. The highest BCUT2D eigenvalue weighted by Gasteiger charge is 2.25. The lowest BCUT2D eigenvalue weighted by Crippen LogP contribution is -2.37. The van der Waals surface area contributed by atoms with Gasteiger partial charge in [-0.15, -0.1) is 0 Å². The molecule has 0 atom stereocenters. The summed E-state index contributed by atoms with van der Waals surface area (Å²) in [4.78, 5) is 22.5. The molecule has 0 bridgehead atoms. The van der Waals surface area contributed by atoms with Crippen LogP contribution in [0.15, 0.2) is 53.4 Å². The van der Waals surface area contributed by atoms with Gasteiger partial charge in [-0.05, 0) is 30.3 Å². The van der Waals surface area contributed by atoms with Crippen LogP contribution in [0.1, 0.15) is 6.92 Å². The average molecular weight is 393 g/mol. The summed E-state index contributed by atoms with van der Waals surface area (Å²) < 4.78 is 31.4. The fourth-order valence-electron chi connectivity index (χ4n) is 2.32. The summed E-state index contributed by atoms with van der Waals surface area (Å²) in [6, 6.07) is 11.2. The monoisotopic (exact) mass is 393 g/mol. The van der Waals surface area contributed by atoms with Gasteiger partial charge in [-0.1, -0.05) is 13.0 Å². The Morgan fingerprint density at radius 3 is 2.44 bits per heavy atom. The molecule has 2 aromatic carbocycles. The van der Waals surface area contributed by atoms with Gasteiger partial charge in [0.2, 0.25) is 15.9 Å². The molecule has 2 rings (SSSR count). The summed E-state index contributed by atoms with van der Waals surface area (Å²) in [5.74, 6) is -0.0881. The molecule has 27 heavy (non-hydrogen) atoms. The molecule has 0 unspecified atom stereocenters. The fourth-order valence-corrected chi connectivity index (χ4v) is 3.73. The van der Waals surface area contributed by atoms with E-state index in [-0.39, 0.29) is 22.8 Å². The van der Waals surface area contributed by atoms with Gasteiger partial charge >= 0.3 is 0 Å². The van der Waals surface area contributed by atoms with Crippen molar-refractivity contribution >= 4 is 27.3 Å². The van der Waals surface area contributed by atoms with Gasteiger partial charge in [0, 0.05) is 24.4 Å². The van der Waals surface area contributed by atoms with Gasteiger partial charge in [-0.25, -0.2) is 8.42 Å². The quantitative estimate of drug-likeness (QED) is 0.543. The Morgan fingerprint density at radius 1 is 1.22 bits per heavy atom. The van der Waals surface area contributed by atoms with Crippen molar-refractivity contribution in [3.8, 4) is 5.75 Å². The number of nitrogens with one attached hydrogen (secondary N) is 1. The minimum absolute atomic E-state index is 0.0355. The zero-order valence-electron chi connectivity index (χ0n) is 14.8. The molecular formula is C17H19N3O6S. The van der Waals surface area contributed by atoms with Gasteiger partial charge in [-0.2, -0.15) is 4.31 Å². The summed E-state index contributed by atoms with van der Waals surface area (Å²) >= 11 is 0. The van der Waals surface area contributed by atoms with Gasteiger partial charge < -0.3 is 10.1 Å². The number of ether oxygens (including phenoxy) is 1. The Balaban J connectivity index is 2.13. The van der Waals surface area contributed by atoms with E-state index in [1.807, 2.05) is 0 Å². The van der Waals surface area contributed by atoms with Crippen LogP contribution < -0.4 is 10.1 Å². The number of methoxy groups -OCH3 is 1. The van der Waals surface area contributed by atoms with Crippen LogP contribution >= 0.6 is 0 Å². The van der Waals surface area contributed by atoms with Crippen LogP contribution in [0.3, 0.4) is 0 Å². The first kappa shape index (κ1) is 20.3. The predicted molar refractivity (Wildman–Crippen MR) is 99.2 cm³/mol. The Bertz CT molecular complexity index is 928. The first-order chi connectivity index (χ1) is 12.8. The van der Waals surface area contributed by atoms with Gasteiger partial charge in [0.1, 0.15) is 5.75 Å². The van der Waals surface area contributed by atoms with Gasteiger partial charge in [0.25, 0.3) is 5.69 Å². The van der Waals surface area contributed by atoms with Crippen LogP contribution in [-0.4, -0.2) is 43.8 Å². The van der Waals surface area contributed by atoms with Crippen LogP contribution in [0.5, 0.6) is 5.75 Å². The number of sulfonamides is 1. The molecule has 2 aromatic rings. The van der Waals surface area contributed by atoms with Crippen molar-refractivity contribution in [1.82, 2.24) is 4.31 Å². The molecule has 0 saturated heterocycles. The Labute approximate surface area is 156 Å². The van der Waals surface area contributed by atoms with E-state index in [1.165, 1.54) is 55.6 Å². The Kier molecular flexibility index (Phi) is 6.48. The van der Waals surface area contributed by atoms with Gasteiger partial charge in [0.15, 0.2) is 0 Å². The molecule has 0 aliphatic heterocycles. The zero-order chi connectivity index (χ0) is 20.0. The molecule has 10 heteroatoms. The first-order valence-corrected chi connectivity index (χ1v) is 9.40. The predicted octanol–water partition coefficient (Wildman–Crippen LogP) is 2.25. The van der Waals surface area contributed by atoms with Crippen molar-refractivity contribution in [2.75, 3.05) is 25.5 Å². The minimum atomic E-state index is -3.88. The molecule has 0 aliphatic carbocycles. The third kappa shape index (κ3) is 5.02. The number of nitro benzene ring substituents is 1. The lowest BCUT2D eigenvalue weighted by atomic mass is 10.3. The van der Waals surface area contributed by atoms with Crippen LogP contribution in [0, 0.1) is 10.1 Å². The largest absolute Gasteiger partial charge is 0.497 e. The van der Waals surface area contributed by atoms with Gasteiger partial charge in [0.05, 0.1) is 23.5 Å². The number of anilines is 1. The number of likely N-dealkylation sites (N-methyl/N-ethyl adjacent to an activating group) is 1. The highest BCUT2D eigenvalue weighted by Crippen LogP contribution is 2.20. The van der Waals surface area contributed by atoms with Crippen molar-refractivity contribution in [1.29, 1.82) is 0 Å². The van der Waals surface area contributed by atoms with Crippen LogP contribution in [-0.2, 0) is 14.8 Å². The average Bonchev–Trinajstić information content (AvgIpc) is 2.66.